The SMILES string of the molecule is COc1cc([C@@H]2c3cc4c(cc3[C@@H](N=C3CC(=O)N(CC(=O)N5CCN(C)CC5)C3=O)[C@H]3COC(=O)[C@H]23)OCO4)cc(OC)c1O. The molecular formula is C32H34N4O10. The smallest absolute Gasteiger partial charge is 0.310 e. The summed E-state index contributed by atoms with van der Waals surface area (Å²) >= 11 is 0. The van der Waals surface area contributed by atoms with E-state index in [1.54, 1.807) is 29.2 Å². The van der Waals surface area contributed by atoms with Gasteiger partial charge in [-0.05, 0) is 48.0 Å². The van der Waals surface area contributed by atoms with E-state index >= 15 is 0 Å². The molecule has 0 bridgehead atoms. The van der Waals surface area contributed by atoms with Crippen molar-refractivity contribution >= 4 is 29.4 Å². The van der Waals surface area contributed by atoms with Crippen LogP contribution >= 0.6 is 0 Å². The molecule has 1 aliphatic carbocycles. The van der Waals surface area contributed by atoms with Crippen molar-refractivity contribution < 1.29 is 48.0 Å². The number of likely N-dealkylation sites (N-methyl/N-ethyl adjacent to an activating group) is 1. The van der Waals surface area contributed by atoms with Crippen LogP contribution in [-0.2, 0) is 23.9 Å². The lowest BCUT2D eigenvalue weighted by molar-refractivity contribution is -0.145. The van der Waals surface area contributed by atoms with Crippen LogP contribution in [0.3, 0.4) is 0 Å². The highest BCUT2D eigenvalue weighted by Gasteiger charge is 2.53. The van der Waals surface area contributed by atoms with Gasteiger partial charge in [0.25, 0.3) is 5.91 Å². The Kier molecular flexibility index (Phi) is 7.46. The predicted octanol–water partition coefficient (Wildman–Crippen LogP) is 1.09. The Hall–Kier alpha value is -4.85. The number of carbonyl (C=O) groups is 4. The minimum absolute atomic E-state index is 0.0150. The van der Waals surface area contributed by atoms with Gasteiger partial charge in [-0.3, -0.25) is 29.1 Å². The highest BCUT2D eigenvalue weighted by atomic mass is 16.7. The number of likely N-dealkylation sites (tertiary alicyclic amines) is 1. The molecule has 2 aromatic rings. The average Bonchev–Trinajstić information content (AvgIpc) is 3.74. The molecule has 3 saturated heterocycles. The predicted molar refractivity (Wildman–Crippen MR) is 159 cm³/mol. The van der Waals surface area contributed by atoms with E-state index < -0.39 is 41.6 Å². The zero-order chi connectivity index (χ0) is 32.3. The monoisotopic (exact) mass is 634 g/mol. The molecule has 0 radical (unpaired) electrons. The molecule has 1 N–H and O–H groups in total. The van der Waals surface area contributed by atoms with Gasteiger partial charge in [0.05, 0.1) is 39.2 Å². The molecule has 7 rings (SSSR count). The fourth-order valence-electron chi connectivity index (χ4n) is 7.10. The van der Waals surface area contributed by atoms with Crippen molar-refractivity contribution in [3.8, 4) is 28.7 Å². The van der Waals surface area contributed by atoms with Gasteiger partial charge in [-0.15, -0.1) is 0 Å². The number of benzene rings is 2. The number of amides is 3. The second-order valence-electron chi connectivity index (χ2n) is 12.1. The molecule has 3 amide bonds. The average molecular weight is 635 g/mol. The van der Waals surface area contributed by atoms with Crippen molar-refractivity contribution in [2.45, 2.75) is 18.4 Å². The number of hydrogen-bond donors (Lipinski definition) is 1. The van der Waals surface area contributed by atoms with Crippen molar-refractivity contribution in [2.75, 3.05) is 67.4 Å². The van der Waals surface area contributed by atoms with Crippen LogP contribution in [0, 0.1) is 11.8 Å². The number of ether oxygens (including phenoxy) is 5. The molecule has 0 aromatic heterocycles. The molecule has 242 valence electrons. The van der Waals surface area contributed by atoms with Crippen molar-refractivity contribution in [1.82, 2.24) is 14.7 Å². The van der Waals surface area contributed by atoms with Gasteiger partial charge in [0.1, 0.15) is 12.3 Å². The third kappa shape index (κ3) is 4.87. The number of aliphatic imine (C=N–C) groups is 1. The Labute approximate surface area is 264 Å². The first-order valence-electron chi connectivity index (χ1n) is 15.1. The number of nitrogens with zero attached hydrogens (tertiary/aromatic N) is 4. The number of carbonyl (C=O) groups excluding carboxylic acids is 4. The third-order valence-electron chi connectivity index (χ3n) is 9.57. The summed E-state index contributed by atoms with van der Waals surface area (Å²) in [6, 6.07) is 6.16. The minimum Gasteiger partial charge on any atom is -0.502 e. The lowest BCUT2D eigenvalue weighted by atomic mass is 9.65. The van der Waals surface area contributed by atoms with Crippen LogP contribution in [0.25, 0.3) is 0 Å². The Morgan fingerprint density at radius 2 is 1.61 bits per heavy atom. The highest BCUT2D eigenvalue weighted by Crippen LogP contribution is 2.56. The number of methoxy groups -OCH3 is 2. The highest BCUT2D eigenvalue weighted by molar-refractivity contribution is 6.49. The quantitative estimate of drug-likeness (QED) is 0.358. The van der Waals surface area contributed by atoms with Crippen molar-refractivity contribution in [1.29, 1.82) is 0 Å². The summed E-state index contributed by atoms with van der Waals surface area (Å²) in [5, 5.41) is 10.6. The number of fused-ring (bicyclic) bond motifs is 3. The second-order valence-corrected chi connectivity index (χ2v) is 12.1. The molecule has 5 aliphatic rings. The minimum atomic E-state index is -0.738. The number of piperazine rings is 1. The van der Waals surface area contributed by atoms with Gasteiger partial charge < -0.3 is 38.6 Å². The number of imide groups is 1. The van der Waals surface area contributed by atoms with Crippen molar-refractivity contribution in [2.24, 2.45) is 16.8 Å². The standard InChI is InChI=1S/C32H34N4O10/c1-34-4-6-35(7-5-34)26(38)13-36-25(37)12-20(31(36)40)33-29-18-11-22-21(45-15-46-22)10-17(18)27(28-19(29)14-44-32(28)41)16-8-23(42-2)30(39)24(9-16)43-3/h8-11,19,27-29,39H,4-7,12-15H2,1-3H3/t19-,27+,28-,29+/m0/s1. The first-order chi connectivity index (χ1) is 22.2. The molecule has 46 heavy (non-hydrogen) atoms. The molecule has 4 aliphatic heterocycles. The van der Waals surface area contributed by atoms with E-state index in [4.69, 9.17) is 28.7 Å². The van der Waals surface area contributed by atoms with E-state index in [9.17, 15) is 24.3 Å². The molecule has 4 atom stereocenters. The maximum Gasteiger partial charge on any atom is 0.310 e. The second kappa shape index (κ2) is 11.5. The maximum absolute atomic E-state index is 13.6. The zero-order valence-corrected chi connectivity index (χ0v) is 25.7. The van der Waals surface area contributed by atoms with E-state index in [2.05, 4.69) is 4.90 Å². The van der Waals surface area contributed by atoms with Gasteiger partial charge in [-0.1, -0.05) is 0 Å². The fourth-order valence-corrected chi connectivity index (χ4v) is 7.10. The first kappa shape index (κ1) is 29.8. The van der Waals surface area contributed by atoms with Crippen LogP contribution in [-0.4, -0.2) is 117 Å². The molecule has 0 spiro atoms. The van der Waals surface area contributed by atoms with Gasteiger partial charge in [0.15, 0.2) is 23.0 Å². The molecule has 4 heterocycles. The van der Waals surface area contributed by atoms with Gasteiger partial charge >= 0.3 is 5.97 Å². The molecule has 14 heteroatoms. The van der Waals surface area contributed by atoms with Crippen LogP contribution in [0.15, 0.2) is 29.3 Å². The summed E-state index contributed by atoms with van der Waals surface area (Å²) in [6.45, 7) is 2.19. The van der Waals surface area contributed by atoms with Crippen molar-refractivity contribution in [3.63, 3.8) is 0 Å². The van der Waals surface area contributed by atoms with Crippen molar-refractivity contribution in [3.05, 3.63) is 41.0 Å². The number of phenols is 1. The molecule has 0 unspecified atom stereocenters. The number of rotatable bonds is 6. The number of esters is 1. The normalized spacial score (nSPS) is 26.3. The molecular weight excluding hydrogens is 600 g/mol. The van der Waals surface area contributed by atoms with E-state index in [1.807, 2.05) is 7.05 Å². The number of aromatic hydroxyl groups is 1. The van der Waals surface area contributed by atoms with Gasteiger partial charge in [-0.2, -0.15) is 0 Å². The van der Waals surface area contributed by atoms with Gasteiger partial charge in [0, 0.05) is 38.0 Å². The number of phenolic OH excluding ortho intramolecular Hbond substituents is 1. The summed E-state index contributed by atoms with van der Waals surface area (Å²) < 4.78 is 27.8. The third-order valence-corrected chi connectivity index (χ3v) is 9.57. The summed E-state index contributed by atoms with van der Waals surface area (Å²) in [4.78, 5) is 62.7. The molecule has 0 saturated carbocycles. The molecule has 3 fully saturated rings. The summed E-state index contributed by atoms with van der Waals surface area (Å²) in [7, 11) is 4.82. The van der Waals surface area contributed by atoms with Crippen LogP contribution in [0.2, 0.25) is 0 Å². The zero-order valence-electron chi connectivity index (χ0n) is 25.7. The summed E-state index contributed by atoms with van der Waals surface area (Å²) in [5.74, 6) is -2.53. The Balaban J connectivity index is 1.28. The number of cyclic esters (lactones) is 1. The topological polar surface area (TPSA) is 157 Å². The summed E-state index contributed by atoms with van der Waals surface area (Å²) in [6.07, 6.45) is -0.257. The Bertz CT molecular complexity index is 1640. The van der Waals surface area contributed by atoms with Crippen LogP contribution in [0.4, 0.5) is 0 Å². The Morgan fingerprint density at radius 3 is 2.26 bits per heavy atom. The van der Waals surface area contributed by atoms with Gasteiger partial charge in [0.2, 0.25) is 24.4 Å². The van der Waals surface area contributed by atoms with E-state index in [1.165, 1.54) is 14.2 Å². The summed E-state index contributed by atoms with van der Waals surface area (Å²) in [5.41, 5.74) is 2.02. The number of hydrogen-bond acceptors (Lipinski definition) is 12. The van der Waals surface area contributed by atoms with Gasteiger partial charge in [-0.25, -0.2) is 0 Å². The lowest BCUT2D eigenvalue weighted by Gasteiger charge is -2.37. The largest absolute Gasteiger partial charge is 0.502 e. The van der Waals surface area contributed by atoms with Crippen LogP contribution in [0.5, 0.6) is 28.7 Å². The van der Waals surface area contributed by atoms with Crippen LogP contribution in [0.1, 0.15) is 35.1 Å². The van der Waals surface area contributed by atoms with E-state index in [0.29, 0.717) is 54.4 Å². The lowest BCUT2D eigenvalue weighted by Crippen LogP contribution is -2.50. The first-order valence-corrected chi connectivity index (χ1v) is 15.1. The fraction of sp³-hybridized carbons (Fsp3) is 0.469. The Morgan fingerprint density at radius 1 is 0.957 bits per heavy atom. The maximum atomic E-state index is 13.6. The van der Waals surface area contributed by atoms with E-state index in [0.717, 1.165) is 4.90 Å². The molecule has 2 aromatic carbocycles. The molecule has 14 nitrogen and oxygen atoms in total. The van der Waals surface area contributed by atoms with Crippen LogP contribution < -0.4 is 18.9 Å². The van der Waals surface area contributed by atoms with E-state index in [-0.39, 0.29) is 55.2 Å².